The van der Waals surface area contributed by atoms with E-state index >= 15 is 0 Å². The minimum atomic E-state index is -0.566. The van der Waals surface area contributed by atoms with E-state index in [1.165, 1.54) is 27.9 Å². The molecule has 3 amide bonds. The van der Waals surface area contributed by atoms with Gasteiger partial charge in [0.2, 0.25) is 0 Å². The van der Waals surface area contributed by atoms with E-state index in [4.69, 9.17) is 27.9 Å². The van der Waals surface area contributed by atoms with Crippen LogP contribution >= 0.6 is 23.2 Å². The Bertz CT molecular complexity index is 1200. The van der Waals surface area contributed by atoms with E-state index in [-0.39, 0.29) is 21.8 Å². The van der Waals surface area contributed by atoms with Crippen molar-refractivity contribution in [3.63, 3.8) is 0 Å². The zero-order valence-corrected chi connectivity index (χ0v) is 21.0. The molecule has 0 saturated carbocycles. The molecular formula is C21H26Cl2N8O3. The van der Waals surface area contributed by atoms with E-state index in [9.17, 15) is 9.59 Å². The predicted molar refractivity (Wildman–Crippen MR) is 131 cm³/mol. The molecule has 0 aliphatic carbocycles. The summed E-state index contributed by atoms with van der Waals surface area (Å²) in [4.78, 5) is 37.2. The fourth-order valence-electron chi connectivity index (χ4n) is 3.10. The van der Waals surface area contributed by atoms with E-state index in [0.29, 0.717) is 35.8 Å². The molecule has 1 atom stereocenters. The third-order valence-electron chi connectivity index (χ3n) is 5.01. The minimum absolute atomic E-state index is 0.107. The lowest BCUT2D eigenvalue weighted by molar-refractivity contribution is 0.0780. The lowest BCUT2D eigenvalue weighted by atomic mass is 10.2. The van der Waals surface area contributed by atoms with Gasteiger partial charge < -0.3 is 25.2 Å². The number of hydrogen-bond donors (Lipinski definition) is 2. The van der Waals surface area contributed by atoms with Crippen molar-refractivity contribution in [2.24, 2.45) is 0 Å². The standard InChI is InChI=1S/C21H26Cl2N8O3/c1-12(34-5)19-15(11-24-17-9-16(23)28-31(17)19)27-21(33)26-13-8-14(22)18(25-10-13)20(32)30(4)7-6-29(2)3/h8-12H,6-7H2,1-5H3,(H2,26,27,33)/t12-/m0/s1. The van der Waals surface area contributed by atoms with Gasteiger partial charge in [0.1, 0.15) is 5.69 Å². The van der Waals surface area contributed by atoms with Crippen LogP contribution in [0, 0.1) is 0 Å². The van der Waals surface area contributed by atoms with Crippen molar-refractivity contribution >= 4 is 52.2 Å². The fourth-order valence-corrected chi connectivity index (χ4v) is 3.52. The van der Waals surface area contributed by atoms with Crippen molar-refractivity contribution in [2.45, 2.75) is 13.0 Å². The topological polar surface area (TPSA) is 117 Å². The maximum absolute atomic E-state index is 12.7. The van der Waals surface area contributed by atoms with Crippen molar-refractivity contribution in [3.8, 4) is 0 Å². The molecule has 0 bridgehead atoms. The highest BCUT2D eigenvalue weighted by atomic mass is 35.5. The second kappa shape index (κ2) is 11.0. The summed E-state index contributed by atoms with van der Waals surface area (Å²) < 4.78 is 6.94. The molecule has 34 heavy (non-hydrogen) atoms. The molecular weight excluding hydrogens is 483 g/mol. The zero-order chi connectivity index (χ0) is 25.0. The summed E-state index contributed by atoms with van der Waals surface area (Å²) in [5, 5.41) is 9.99. The number of pyridine rings is 1. The van der Waals surface area contributed by atoms with Gasteiger partial charge in [0.25, 0.3) is 5.91 Å². The van der Waals surface area contributed by atoms with Crippen molar-refractivity contribution in [1.29, 1.82) is 0 Å². The number of methoxy groups -OCH3 is 1. The summed E-state index contributed by atoms with van der Waals surface area (Å²) in [6, 6.07) is 2.50. The largest absolute Gasteiger partial charge is 0.375 e. The minimum Gasteiger partial charge on any atom is -0.375 e. The van der Waals surface area contributed by atoms with Gasteiger partial charge in [0.05, 0.1) is 40.6 Å². The molecule has 2 N–H and O–H groups in total. The van der Waals surface area contributed by atoms with Gasteiger partial charge in [-0.3, -0.25) is 4.79 Å². The van der Waals surface area contributed by atoms with Crippen LogP contribution in [0.2, 0.25) is 10.2 Å². The predicted octanol–water partition coefficient (Wildman–Crippen LogP) is 3.42. The number of urea groups is 1. The average Bonchev–Trinajstić information content (AvgIpc) is 3.16. The summed E-state index contributed by atoms with van der Waals surface area (Å²) in [7, 11) is 7.07. The number of aromatic nitrogens is 4. The fraction of sp³-hybridized carbons (Fsp3) is 0.381. The number of likely N-dealkylation sites (N-methyl/N-ethyl adjacent to an activating group) is 2. The van der Waals surface area contributed by atoms with E-state index in [1.54, 1.807) is 20.2 Å². The van der Waals surface area contributed by atoms with Crippen LogP contribution in [-0.4, -0.2) is 82.7 Å². The van der Waals surface area contributed by atoms with E-state index in [2.05, 4.69) is 25.7 Å². The van der Waals surface area contributed by atoms with E-state index in [0.717, 1.165) is 0 Å². The number of halogens is 2. The maximum Gasteiger partial charge on any atom is 0.323 e. The van der Waals surface area contributed by atoms with Gasteiger partial charge in [0.15, 0.2) is 10.8 Å². The molecule has 0 saturated heterocycles. The number of amides is 3. The monoisotopic (exact) mass is 508 g/mol. The number of anilines is 2. The summed E-state index contributed by atoms with van der Waals surface area (Å²) in [6.45, 7) is 3.03. The normalized spacial score (nSPS) is 12.1. The van der Waals surface area contributed by atoms with Crippen LogP contribution < -0.4 is 10.6 Å². The molecule has 0 radical (unpaired) electrons. The van der Waals surface area contributed by atoms with Gasteiger partial charge in [-0.2, -0.15) is 5.10 Å². The Morgan fingerprint density at radius 2 is 1.85 bits per heavy atom. The first-order valence-electron chi connectivity index (χ1n) is 10.3. The molecule has 3 rings (SSSR count). The van der Waals surface area contributed by atoms with Crippen LogP contribution in [0.1, 0.15) is 29.2 Å². The first kappa shape index (κ1) is 25.6. The van der Waals surface area contributed by atoms with Gasteiger partial charge in [-0.1, -0.05) is 23.2 Å². The Labute approximate surface area is 207 Å². The number of hydrogen-bond acceptors (Lipinski definition) is 7. The molecule has 182 valence electrons. The number of rotatable bonds is 8. The Kier molecular flexibility index (Phi) is 8.26. The number of carbonyl (C=O) groups is 2. The van der Waals surface area contributed by atoms with Crippen molar-refractivity contribution in [2.75, 3.05) is 52.0 Å². The van der Waals surface area contributed by atoms with Crippen LogP contribution in [-0.2, 0) is 4.74 Å². The van der Waals surface area contributed by atoms with Crippen molar-refractivity contribution in [1.82, 2.24) is 29.4 Å². The number of carbonyl (C=O) groups excluding carboxylic acids is 2. The summed E-state index contributed by atoms with van der Waals surface area (Å²) in [5.41, 5.74) is 1.88. The molecule has 3 aromatic rings. The Morgan fingerprint density at radius 1 is 1.12 bits per heavy atom. The second-order valence-electron chi connectivity index (χ2n) is 7.84. The molecule has 11 nitrogen and oxygen atoms in total. The second-order valence-corrected chi connectivity index (χ2v) is 8.63. The molecule has 0 aliphatic rings. The van der Waals surface area contributed by atoms with Gasteiger partial charge in [-0.25, -0.2) is 19.3 Å². The Hall–Kier alpha value is -2.99. The highest BCUT2D eigenvalue weighted by Gasteiger charge is 2.20. The van der Waals surface area contributed by atoms with E-state index < -0.39 is 12.1 Å². The summed E-state index contributed by atoms with van der Waals surface area (Å²) in [6.07, 6.45) is 2.45. The van der Waals surface area contributed by atoms with Gasteiger partial charge >= 0.3 is 6.03 Å². The third kappa shape index (κ3) is 5.92. The third-order valence-corrected chi connectivity index (χ3v) is 5.48. The molecule has 3 heterocycles. The van der Waals surface area contributed by atoms with Crippen LogP contribution in [0.15, 0.2) is 24.5 Å². The molecule has 0 fully saturated rings. The summed E-state index contributed by atoms with van der Waals surface area (Å²) >= 11 is 12.3. The lowest BCUT2D eigenvalue weighted by Gasteiger charge is -2.20. The maximum atomic E-state index is 12.7. The quantitative estimate of drug-likeness (QED) is 0.478. The smallest absolute Gasteiger partial charge is 0.323 e. The number of fused-ring (bicyclic) bond motifs is 1. The van der Waals surface area contributed by atoms with Gasteiger partial charge in [-0.05, 0) is 27.1 Å². The Morgan fingerprint density at radius 3 is 2.50 bits per heavy atom. The molecule has 0 aromatic carbocycles. The van der Waals surface area contributed by atoms with Crippen LogP contribution in [0.3, 0.4) is 0 Å². The highest BCUT2D eigenvalue weighted by Crippen LogP contribution is 2.27. The number of nitrogens with one attached hydrogen (secondary N) is 2. The molecule has 3 aromatic heterocycles. The SMILES string of the molecule is CO[C@@H](C)c1c(NC(=O)Nc2cnc(C(=O)N(C)CCN(C)C)c(Cl)c2)cnc2cc(Cl)nn12. The molecule has 0 aliphatic heterocycles. The first-order chi connectivity index (χ1) is 16.1. The van der Waals surface area contributed by atoms with Crippen molar-refractivity contribution < 1.29 is 14.3 Å². The molecule has 13 heteroatoms. The number of nitrogens with zero attached hydrogens (tertiary/aromatic N) is 6. The van der Waals surface area contributed by atoms with Crippen molar-refractivity contribution in [3.05, 3.63) is 46.1 Å². The Balaban J connectivity index is 1.75. The van der Waals surface area contributed by atoms with Gasteiger partial charge in [0, 0.05) is 33.3 Å². The van der Waals surface area contributed by atoms with Crippen LogP contribution in [0.5, 0.6) is 0 Å². The average molecular weight is 509 g/mol. The van der Waals surface area contributed by atoms with Gasteiger partial charge in [-0.15, -0.1) is 0 Å². The summed E-state index contributed by atoms with van der Waals surface area (Å²) in [5.74, 6) is -0.307. The molecule has 0 unspecified atom stereocenters. The number of ether oxygens (including phenoxy) is 1. The highest BCUT2D eigenvalue weighted by molar-refractivity contribution is 6.33. The molecule has 0 spiro atoms. The zero-order valence-electron chi connectivity index (χ0n) is 19.5. The first-order valence-corrected chi connectivity index (χ1v) is 11.1. The van der Waals surface area contributed by atoms with E-state index in [1.807, 2.05) is 25.9 Å². The van der Waals surface area contributed by atoms with Crippen LogP contribution in [0.25, 0.3) is 5.65 Å². The van der Waals surface area contributed by atoms with Crippen LogP contribution in [0.4, 0.5) is 16.2 Å². The lowest BCUT2D eigenvalue weighted by Crippen LogP contribution is -2.34.